The first-order chi connectivity index (χ1) is 9.56. The van der Waals surface area contributed by atoms with E-state index in [9.17, 15) is 4.79 Å². The van der Waals surface area contributed by atoms with Crippen molar-refractivity contribution < 1.29 is 9.53 Å². The molecule has 0 aliphatic carbocycles. The first-order valence-electron chi connectivity index (χ1n) is 7.15. The first-order valence-corrected chi connectivity index (χ1v) is 7.15. The molecule has 0 saturated carbocycles. The van der Waals surface area contributed by atoms with Crippen LogP contribution in [0.5, 0.6) is 0 Å². The lowest BCUT2D eigenvalue weighted by atomic mass is 9.95. The summed E-state index contributed by atoms with van der Waals surface area (Å²) in [6.07, 6.45) is 1.88. The topological polar surface area (TPSA) is 43.6 Å². The number of hydrogen-bond donors (Lipinski definition) is 0. The van der Waals surface area contributed by atoms with E-state index < -0.39 is 0 Å². The Kier molecular flexibility index (Phi) is 4.55. The van der Waals surface area contributed by atoms with Crippen LogP contribution in [0.2, 0.25) is 0 Å². The molecule has 0 saturated heterocycles. The zero-order chi connectivity index (χ0) is 14.7. The van der Waals surface area contributed by atoms with Crippen LogP contribution in [0.1, 0.15) is 49.7 Å². The van der Waals surface area contributed by atoms with Crippen molar-refractivity contribution in [3.05, 3.63) is 35.7 Å². The second kappa shape index (κ2) is 6.18. The Hall–Kier alpha value is -1.68. The Morgan fingerprint density at radius 3 is 2.75 bits per heavy atom. The Bertz CT molecular complexity index is 602. The molecule has 0 aliphatic rings. The lowest BCUT2D eigenvalue weighted by molar-refractivity contribution is 0.0762. The molecule has 0 bridgehead atoms. The van der Waals surface area contributed by atoms with E-state index in [1.54, 1.807) is 4.52 Å². The van der Waals surface area contributed by atoms with Crippen molar-refractivity contribution >= 4 is 11.3 Å². The Morgan fingerprint density at radius 2 is 2.10 bits per heavy atom. The van der Waals surface area contributed by atoms with Crippen molar-refractivity contribution in [1.29, 1.82) is 0 Å². The Balaban J connectivity index is 2.45. The number of hydrogen-bond acceptors (Lipinski definition) is 3. The zero-order valence-corrected chi connectivity index (χ0v) is 12.6. The van der Waals surface area contributed by atoms with Gasteiger partial charge in [0.05, 0.1) is 23.4 Å². The van der Waals surface area contributed by atoms with E-state index in [2.05, 4.69) is 18.9 Å². The SMILES string of the molecule is CCOCC(C)C(=O)c1c(C(C)C)nn2ccccc12. The minimum absolute atomic E-state index is 0.114. The van der Waals surface area contributed by atoms with E-state index in [1.807, 2.05) is 38.2 Å². The maximum atomic E-state index is 12.7. The van der Waals surface area contributed by atoms with Crippen LogP contribution in [0.15, 0.2) is 24.4 Å². The van der Waals surface area contributed by atoms with Gasteiger partial charge in [0.2, 0.25) is 0 Å². The fourth-order valence-corrected chi connectivity index (χ4v) is 2.29. The highest BCUT2D eigenvalue weighted by Crippen LogP contribution is 2.25. The van der Waals surface area contributed by atoms with Gasteiger partial charge >= 0.3 is 0 Å². The van der Waals surface area contributed by atoms with Crippen molar-refractivity contribution in [3.63, 3.8) is 0 Å². The molecule has 2 rings (SSSR count). The third-order valence-corrected chi connectivity index (χ3v) is 3.38. The second-order valence-electron chi connectivity index (χ2n) is 5.37. The molecule has 4 nitrogen and oxygen atoms in total. The second-order valence-corrected chi connectivity index (χ2v) is 5.37. The average Bonchev–Trinajstić information content (AvgIpc) is 2.83. The first kappa shape index (κ1) is 14.7. The average molecular weight is 274 g/mol. The fraction of sp³-hybridized carbons (Fsp3) is 0.500. The normalized spacial score (nSPS) is 13.1. The summed E-state index contributed by atoms with van der Waals surface area (Å²) < 4.78 is 7.17. The monoisotopic (exact) mass is 274 g/mol. The zero-order valence-electron chi connectivity index (χ0n) is 12.6. The molecular formula is C16H22N2O2. The minimum Gasteiger partial charge on any atom is -0.381 e. The van der Waals surface area contributed by atoms with Gasteiger partial charge in [-0.25, -0.2) is 4.52 Å². The predicted octanol–water partition coefficient (Wildman–Crippen LogP) is 3.31. The molecule has 2 aromatic rings. The van der Waals surface area contributed by atoms with Crippen LogP contribution in [-0.2, 0) is 4.74 Å². The number of fused-ring (bicyclic) bond motifs is 1. The fourth-order valence-electron chi connectivity index (χ4n) is 2.29. The van der Waals surface area contributed by atoms with Gasteiger partial charge in [0, 0.05) is 18.7 Å². The van der Waals surface area contributed by atoms with Gasteiger partial charge in [-0.3, -0.25) is 4.79 Å². The molecule has 4 heteroatoms. The molecule has 0 spiro atoms. The van der Waals surface area contributed by atoms with E-state index in [0.717, 1.165) is 16.8 Å². The van der Waals surface area contributed by atoms with E-state index in [-0.39, 0.29) is 17.6 Å². The number of carbonyl (C=O) groups excluding carboxylic acids is 1. The lowest BCUT2D eigenvalue weighted by Crippen LogP contribution is -2.18. The molecule has 2 heterocycles. The molecule has 0 amide bonds. The van der Waals surface area contributed by atoms with Gasteiger partial charge in [0.15, 0.2) is 5.78 Å². The minimum atomic E-state index is -0.152. The van der Waals surface area contributed by atoms with Crippen LogP contribution in [0.25, 0.3) is 5.52 Å². The van der Waals surface area contributed by atoms with E-state index >= 15 is 0 Å². The third-order valence-electron chi connectivity index (χ3n) is 3.38. The van der Waals surface area contributed by atoms with Gasteiger partial charge in [-0.05, 0) is 25.0 Å². The highest BCUT2D eigenvalue weighted by Gasteiger charge is 2.25. The molecule has 0 fully saturated rings. The maximum Gasteiger partial charge on any atom is 0.172 e. The van der Waals surface area contributed by atoms with Crippen molar-refractivity contribution in [2.24, 2.45) is 5.92 Å². The van der Waals surface area contributed by atoms with E-state index in [1.165, 1.54) is 0 Å². The van der Waals surface area contributed by atoms with Crippen molar-refractivity contribution in [3.8, 4) is 0 Å². The molecule has 1 atom stereocenters. The highest BCUT2D eigenvalue weighted by atomic mass is 16.5. The van der Waals surface area contributed by atoms with Crippen LogP contribution < -0.4 is 0 Å². The highest BCUT2D eigenvalue weighted by molar-refractivity contribution is 6.04. The molecule has 1 unspecified atom stereocenters. The quantitative estimate of drug-likeness (QED) is 0.759. The van der Waals surface area contributed by atoms with E-state index in [0.29, 0.717) is 13.2 Å². The van der Waals surface area contributed by atoms with E-state index in [4.69, 9.17) is 4.74 Å². The van der Waals surface area contributed by atoms with Gasteiger partial charge in [-0.1, -0.05) is 26.8 Å². The van der Waals surface area contributed by atoms with Crippen LogP contribution in [-0.4, -0.2) is 28.6 Å². The van der Waals surface area contributed by atoms with Gasteiger partial charge in [0.25, 0.3) is 0 Å². The molecule has 108 valence electrons. The van der Waals surface area contributed by atoms with Gasteiger partial charge in [-0.2, -0.15) is 5.10 Å². The number of pyridine rings is 1. The van der Waals surface area contributed by atoms with Crippen LogP contribution in [0.4, 0.5) is 0 Å². The summed E-state index contributed by atoms with van der Waals surface area (Å²) in [6, 6.07) is 5.80. The summed E-state index contributed by atoms with van der Waals surface area (Å²) in [5.41, 5.74) is 2.49. The smallest absolute Gasteiger partial charge is 0.172 e. The van der Waals surface area contributed by atoms with Crippen LogP contribution in [0.3, 0.4) is 0 Å². The van der Waals surface area contributed by atoms with Crippen LogP contribution >= 0.6 is 0 Å². The van der Waals surface area contributed by atoms with Gasteiger partial charge in [-0.15, -0.1) is 0 Å². The molecule has 0 aliphatic heterocycles. The summed E-state index contributed by atoms with van der Waals surface area (Å²) in [5.74, 6) is 0.178. The van der Waals surface area contributed by atoms with Gasteiger partial charge in [0.1, 0.15) is 0 Å². The molecular weight excluding hydrogens is 252 g/mol. The van der Waals surface area contributed by atoms with Gasteiger partial charge < -0.3 is 4.74 Å². The number of ether oxygens (including phenoxy) is 1. The summed E-state index contributed by atoms with van der Waals surface area (Å²) >= 11 is 0. The third kappa shape index (κ3) is 2.75. The molecule has 2 aromatic heterocycles. The van der Waals surface area contributed by atoms with Crippen LogP contribution in [0, 0.1) is 5.92 Å². The summed E-state index contributed by atoms with van der Waals surface area (Å²) in [5, 5.41) is 4.55. The largest absolute Gasteiger partial charge is 0.381 e. The predicted molar refractivity (Wildman–Crippen MR) is 79.3 cm³/mol. The van der Waals surface area contributed by atoms with Crippen molar-refractivity contribution in [2.45, 2.75) is 33.6 Å². The number of aromatic nitrogens is 2. The molecule has 20 heavy (non-hydrogen) atoms. The number of nitrogens with zero attached hydrogens (tertiary/aromatic N) is 2. The number of ketones is 1. The van der Waals surface area contributed by atoms with Crippen molar-refractivity contribution in [1.82, 2.24) is 9.61 Å². The lowest BCUT2D eigenvalue weighted by Gasteiger charge is -2.11. The summed E-state index contributed by atoms with van der Waals surface area (Å²) in [4.78, 5) is 12.7. The summed E-state index contributed by atoms with van der Waals surface area (Å²) in [7, 11) is 0. The number of rotatable bonds is 6. The Morgan fingerprint density at radius 1 is 1.35 bits per heavy atom. The van der Waals surface area contributed by atoms with Crippen molar-refractivity contribution in [2.75, 3.05) is 13.2 Å². The molecule has 0 radical (unpaired) electrons. The molecule has 0 aromatic carbocycles. The number of Topliss-reactive ketones (excluding diaryl/α,β-unsaturated/α-hetero) is 1. The Labute approximate surface area is 119 Å². The molecule has 0 N–H and O–H groups in total. The maximum absolute atomic E-state index is 12.7. The number of carbonyl (C=O) groups is 1. The summed E-state index contributed by atoms with van der Waals surface area (Å²) in [6.45, 7) is 9.05. The standard InChI is InChI=1S/C16H22N2O2/c1-5-20-10-12(4)16(19)14-13-8-6-7-9-18(13)17-15(14)11(2)3/h6-9,11-12H,5,10H2,1-4H3.